The van der Waals surface area contributed by atoms with E-state index in [0.29, 0.717) is 5.37 Å². The van der Waals surface area contributed by atoms with E-state index in [9.17, 15) is 17.3 Å². The van der Waals surface area contributed by atoms with Crippen molar-refractivity contribution in [2.75, 3.05) is 14.1 Å². The molecular formula is C15H16BF4NS. The summed E-state index contributed by atoms with van der Waals surface area (Å²) in [6, 6.07) is 19.5. The molecule has 1 atom stereocenters. The van der Waals surface area contributed by atoms with Crippen molar-refractivity contribution in [1.29, 1.82) is 0 Å². The van der Waals surface area contributed by atoms with Gasteiger partial charge in [0.2, 0.25) is 0 Å². The number of fused-ring (bicyclic) bond motifs is 1. The first-order valence-electron chi connectivity index (χ1n) is 6.72. The Morgan fingerprint density at radius 1 is 0.864 bits per heavy atom. The summed E-state index contributed by atoms with van der Waals surface area (Å²) in [7, 11) is -1.42. The van der Waals surface area contributed by atoms with Crippen LogP contribution in [0.5, 0.6) is 0 Å². The van der Waals surface area contributed by atoms with Crippen LogP contribution in [-0.4, -0.2) is 21.3 Å². The number of hydrogen-bond donors (Lipinski definition) is 0. The molecule has 0 amide bonds. The van der Waals surface area contributed by atoms with Crippen molar-refractivity contribution in [2.45, 2.75) is 10.3 Å². The van der Waals surface area contributed by atoms with Gasteiger partial charge in [-0.25, -0.2) is 0 Å². The molecular weight excluding hydrogens is 313 g/mol. The van der Waals surface area contributed by atoms with Crippen molar-refractivity contribution in [1.82, 2.24) is 4.48 Å². The summed E-state index contributed by atoms with van der Waals surface area (Å²) in [6.07, 6.45) is 0. The Balaban J connectivity index is 0.000000309. The maximum atomic E-state index is 9.75. The third-order valence-corrected chi connectivity index (χ3v) is 5.02. The topological polar surface area (TPSA) is 0 Å². The van der Waals surface area contributed by atoms with Crippen LogP contribution in [0.3, 0.4) is 0 Å². The minimum Gasteiger partial charge on any atom is -0.418 e. The molecule has 0 fully saturated rings. The van der Waals surface area contributed by atoms with Crippen molar-refractivity contribution in [3.8, 4) is 0 Å². The molecule has 22 heavy (non-hydrogen) atoms. The minimum atomic E-state index is -6.00. The van der Waals surface area contributed by atoms with E-state index in [1.807, 2.05) is 11.8 Å². The van der Waals surface area contributed by atoms with Crippen LogP contribution >= 0.6 is 11.8 Å². The molecule has 2 aromatic carbocycles. The predicted octanol–water partition coefficient (Wildman–Crippen LogP) is 5.36. The summed E-state index contributed by atoms with van der Waals surface area (Å²) in [5, 5.41) is 0.466. The van der Waals surface area contributed by atoms with Crippen LogP contribution in [0.1, 0.15) is 10.9 Å². The van der Waals surface area contributed by atoms with E-state index in [2.05, 4.69) is 68.7 Å². The predicted molar refractivity (Wildman–Crippen MR) is 85.3 cm³/mol. The molecule has 0 bridgehead atoms. The maximum Gasteiger partial charge on any atom is 0.673 e. The third-order valence-electron chi connectivity index (χ3n) is 3.40. The fourth-order valence-corrected chi connectivity index (χ4v) is 3.96. The smallest absolute Gasteiger partial charge is 0.418 e. The average molecular weight is 329 g/mol. The van der Waals surface area contributed by atoms with Gasteiger partial charge in [-0.1, -0.05) is 54.2 Å². The van der Waals surface area contributed by atoms with E-state index < -0.39 is 7.25 Å². The molecule has 1 nitrogen and oxygen atoms in total. The lowest BCUT2D eigenvalue weighted by molar-refractivity contribution is 0.368. The lowest BCUT2D eigenvalue weighted by atomic mass is 10.1. The van der Waals surface area contributed by atoms with E-state index in [0.717, 1.165) is 4.48 Å². The summed E-state index contributed by atoms with van der Waals surface area (Å²) < 4.78 is 39.9. The summed E-state index contributed by atoms with van der Waals surface area (Å²) in [5.74, 6) is 0. The first-order chi connectivity index (χ1) is 10.2. The molecule has 0 aromatic heterocycles. The first kappa shape index (κ1) is 16.9. The van der Waals surface area contributed by atoms with Crippen molar-refractivity contribution < 1.29 is 17.3 Å². The van der Waals surface area contributed by atoms with Gasteiger partial charge >= 0.3 is 7.25 Å². The molecule has 0 radical (unpaired) electrons. The summed E-state index contributed by atoms with van der Waals surface area (Å²) in [5.41, 5.74) is 2.82. The van der Waals surface area contributed by atoms with Gasteiger partial charge < -0.3 is 17.3 Å². The highest BCUT2D eigenvalue weighted by Gasteiger charge is 2.41. The largest absolute Gasteiger partial charge is 0.673 e. The molecule has 3 rings (SSSR count). The summed E-state index contributed by atoms with van der Waals surface area (Å²) in [6.45, 7) is 0. The second-order valence-electron chi connectivity index (χ2n) is 5.38. The second kappa shape index (κ2) is 6.34. The van der Waals surface area contributed by atoms with Crippen LogP contribution in [0.25, 0.3) is 0 Å². The van der Waals surface area contributed by atoms with E-state index in [4.69, 9.17) is 0 Å². The standard InChI is InChI=1S/C15H16NS.BF4/c1-16(2)13-10-6-7-11-14(13)17-15(16)12-8-4-3-5-9-12;2-1(3,4)5/h3-11,15H,1-2H3;/q+1;-1. The molecule has 1 unspecified atom stereocenters. The molecule has 1 aliphatic heterocycles. The van der Waals surface area contributed by atoms with Crippen molar-refractivity contribution in [3.05, 3.63) is 60.2 Å². The van der Waals surface area contributed by atoms with Gasteiger partial charge in [-0.2, -0.15) is 0 Å². The Kier molecular flexibility index (Phi) is 4.87. The number of hydrogen-bond acceptors (Lipinski definition) is 1. The number of benzene rings is 2. The number of rotatable bonds is 1. The van der Waals surface area contributed by atoms with Crippen LogP contribution in [0.2, 0.25) is 0 Å². The molecule has 0 N–H and O–H groups in total. The van der Waals surface area contributed by atoms with Gasteiger partial charge in [0.05, 0.1) is 19.0 Å². The highest BCUT2D eigenvalue weighted by molar-refractivity contribution is 8.00. The molecule has 7 heteroatoms. The molecule has 0 saturated carbocycles. The van der Waals surface area contributed by atoms with Crippen LogP contribution in [-0.2, 0) is 0 Å². The van der Waals surface area contributed by atoms with Gasteiger partial charge in [-0.05, 0) is 6.07 Å². The lowest BCUT2D eigenvalue weighted by Crippen LogP contribution is -2.39. The van der Waals surface area contributed by atoms with Gasteiger partial charge in [-0.3, -0.25) is 4.48 Å². The Hall–Kier alpha value is -1.47. The first-order valence-corrected chi connectivity index (χ1v) is 7.60. The number of thioether (sulfide) groups is 1. The fraction of sp³-hybridized carbons (Fsp3) is 0.200. The summed E-state index contributed by atoms with van der Waals surface area (Å²) in [4.78, 5) is 1.41. The zero-order valence-electron chi connectivity index (χ0n) is 12.2. The van der Waals surface area contributed by atoms with E-state index in [-0.39, 0.29) is 0 Å². The molecule has 1 heterocycles. The van der Waals surface area contributed by atoms with Crippen LogP contribution in [0.4, 0.5) is 23.0 Å². The van der Waals surface area contributed by atoms with E-state index >= 15 is 0 Å². The molecule has 0 saturated heterocycles. The number of para-hydroxylation sites is 1. The van der Waals surface area contributed by atoms with Gasteiger partial charge in [0, 0.05) is 11.6 Å². The SMILES string of the molecule is C[N+]1(C)c2ccccc2SC1c1ccccc1.F[B-](F)(F)F. The Morgan fingerprint density at radius 2 is 1.36 bits per heavy atom. The van der Waals surface area contributed by atoms with Gasteiger partial charge in [-0.15, -0.1) is 0 Å². The Bertz CT molecular complexity index is 625. The number of nitrogens with zero attached hydrogens (tertiary/aromatic N) is 1. The Labute approximate surface area is 131 Å². The van der Waals surface area contributed by atoms with Gasteiger partial charge in [0.25, 0.3) is 0 Å². The van der Waals surface area contributed by atoms with E-state index in [1.165, 1.54) is 16.1 Å². The quantitative estimate of drug-likeness (QED) is 0.386. The molecule has 2 aromatic rings. The molecule has 0 spiro atoms. The highest BCUT2D eigenvalue weighted by Crippen LogP contribution is 2.53. The van der Waals surface area contributed by atoms with Gasteiger partial charge in [0.1, 0.15) is 5.69 Å². The normalized spacial score (nSPS) is 19.1. The van der Waals surface area contributed by atoms with E-state index in [1.54, 1.807) is 0 Å². The fourth-order valence-electron chi connectivity index (χ4n) is 2.47. The van der Waals surface area contributed by atoms with Crippen molar-refractivity contribution in [3.63, 3.8) is 0 Å². The number of halogens is 4. The maximum absolute atomic E-state index is 9.75. The second-order valence-corrected chi connectivity index (χ2v) is 6.51. The Morgan fingerprint density at radius 3 is 1.91 bits per heavy atom. The average Bonchev–Trinajstić information content (AvgIpc) is 2.70. The lowest BCUT2D eigenvalue weighted by Gasteiger charge is -2.31. The number of quaternary nitrogens is 1. The molecule has 1 aliphatic rings. The zero-order chi connectivity index (χ0) is 16.4. The van der Waals surface area contributed by atoms with Crippen LogP contribution in [0, 0.1) is 0 Å². The minimum absolute atomic E-state index is 0.466. The van der Waals surface area contributed by atoms with Gasteiger partial charge in [0.15, 0.2) is 5.37 Å². The zero-order valence-corrected chi connectivity index (χ0v) is 13.0. The monoisotopic (exact) mass is 329 g/mol. The van der Waals surface area contributed by atoms with Crippen LogP contribution < -0.4 is 4.48 Å². The van der Waals surface area contributed by atoms with Crippen molar-refractivity contribution >= 4 is 24.7 Å². The van der Waals surface area contributed by atoms with Crippen LogP contribution in [0.15, 0.2) is 59.5 Å². The van der Waals surface area contributed by atoms with Crippen molar-refractivity contribution in [2.24, 2.45) is 0 Å². The molecule has 0 aliphatic carbocycles. The summed E-state index contributed by atoms with van der Waals surface area (Å²) >= 11 is 1.97. The molecule has 118 valence electrons. The third kappa shape index (κ3) is 4.05. The highest BCUT2D eigenvalue weighted by atomic mass is 32.2.